The number of amides is 3. The number of hydrogen-bond acceptors (Lipinski definition) is 18. The van der Waals surface area contributed by atoms with Gasteiger partial charge in [0, 0.05) is 84.4 Å². The molecule has 520 valence electrons. The Morgan fingerprint density at radius 1 is 0.616 bits per heavy atom. The largest absolute Gasteiger partial charge is 0.419 e. The Labute approximate surface area is 572 Å². The van der Waals surface area contributed by atoms with Crippen molar-refractivity contribution in [2.75, 3.05) is 82.0 Å². The molecule has 29 heteroatoms. The van der Waals surface area contributed by atoms with E-state index in [9.17, 15) is 53.9 Å². The number of hydrazine groups is 1. The first-order chi connectivity index (χ1) is 47.4. The molecule has 0 saturated carbocycles. The number of alkyl halides is 6. The summed E-state index contributed by atoms with van der Waals surface area (Å²) < 4.78 is 118. The maximum absolute atomic E-state index is 13.5. The molecule has 0 aliphatic carbocycles. The number of nitrogens with one attached hydrogen (secondary N) is 3. The summed E-state index contributed by atoms with van der Waals surface area (Å²) in [7, 11) is 1.54. The van der Waals surface area contributed by atoms with Gasteiger partial charge in [-0.3, -0.25) is 29.8 Å². The number of rotatable bonds is 13. The molecular weight excluding hydrogens is 1330 g/mol. The van der Waals surface area contributed by atoms with Crippen molar-refractivity contribution in [1.82, 2.24) is 41.2 Å². The molecule has 2 fully saturated rings. The van der Waals surface area contributed by atoms with Crippen LogP contribution in [0.25, 0.3) is 11.6 Å². The normalized spacial score (nSPS) is 16.3. The van der Waals surface area contributed by atoms with E-state index in [0.29, 0.717) is 43.9 Å². The lowest BCUT2D eigenvalue weighted by Crippen LogP contribution is -2.52. The lowest BCUT2D eigenvalue weighted by atomic mass is 9.95. The number of Topliss-reactive ketones (excluding diaryl/α,β-unsaturated/α-hetero) is 2. The number of nitrogens with zero attached hydrogens (tertiary/aromatic N) is 9. The minimum Gasteiger partial charge on any atom is -0.419 e. The zero-order valence-corrected chi connectivity index (χ0v) is 55.9. The van der Waals surface area contributed by atoms with Crippen LogP contribution in [-0.2, 0) is 59.7 Å². The van der Waals surface area contributed by atoms with Gasteiger partial charge in [-0.2, -0.15) is 26.3 Å². The van der Waals surface area contributed by atoms with Crippen LogP contribution in [0.4, 0.5) is 42.5 Å². The molecule has 2 atom stereocenters. The van der Waals surface area contributed by atoms with E-state index in [1.54, 1.807) is 21.9 Å². The molecule has 21 nitrogen and oxygen atoms in total. The summed E-state index contributed by atoms with van der Waals surface area (Å²) in [4.78, 5) is 75.0. The van der Waals surface area contributed by atoms with Gasteiger partial charge in [0.2, 0.25) is 5.89 Å². The molecule has 4 aliphatic heterocycles. The van der Waals surface area contributed by atoms with Gasteiger partial charge in [-0.25, -0.2) is 28.6 Å². The summed E-state index contributed by atoms with van der Waals surface area (Å²) in [6.07, 6.45) is -8.91. The third kappa shape index (κ3) is 19.8. The summed E-state index contributed by atoms with van der Waals surface area (Å²) in [5.41, 5.74) is 9.57. The van der Waals surface area contributed by atoms with E-state index in [1.165, 1.54) is 31.8 Å². The van der Waals surface area contributed by atoms with Gasteiger partial charge in [-0.1, -0.05) is 148 Å². The van der Waals surface area contributed by atoms with Crippen LogP contribution in [0.5, 0.6) is 0 Å². The summed E-state index contributed by atoms with van der Waals surface area (Å²) in [6.45, 7) is 14.6. The van der Waals surface area contributed by atoms with E-state index < -0.39 is 56.7 Å². The number of urea groups is 1. The SMILES string of the molecule is CCN(CC)CC.Cc1ccc(S(=O)(=O)Cl)cc1.O=C(NNC(=O)c1ncc(C(F)(F)F)cc1N1CCOCC1)N[C@H]1N=C(c2ccccc2)c2ccccc2CC1=O.O=C1Cc2ccccc2C(c2ccccc2)=N[C@@H]1Cc1nnc(-c2ncc(C(F)(F)F)cc2N2CCOCC2)o1. The average molecular weight is 1410 g/mol. The summed E-state index contributed by atoms with van der Waals surface area (Å²) in [6, 6.07) is 40.3. The van der Waals surface area contributed by atoms with Crippen molar-refractivity contribution in [3.05, 3.63) is 220 Å². The first-order valence-electron chi connectivity index (χ1n) is 31.6. The standard InChI is InChI=1S/C29H24F3N5O3.C28H25F3N6O4.C7H7ClO2S.C6H15N/c30-29(31,32)20-15-23(37-10-12-39-13-11-37)27(33-17-20)28-36-35-25(40-28)16-22-24(38)14-19-8-4-5-9-21(19)26(34-22)18-6-2-1-3-7-18;29-28(30,31)19-15-21(37-10-12-41-13-11-37)24(32-16-19)26(39)35-36-27(40)34-25-22(38)14-18-8-4-5-9-20(18)23(33-25)17-6-2-1-3-7-17;1-6-2-4-7(5-3-6)11(8,9)10;1-4-7(5-2)6-3/h1-9,15,17,22H,10-14,16H2;1-9,15-16,25H,10-14H2,(H,35,39)(H2,34,36,40);2-5H,1H3;4-6H2,1-3H3/t22-;25-;;/m11../s1. The number of morpholine rings is 2. The van der Waals surface area contributed by atoms with E-state index in [2.05, 4.69) is 67.0 Å². The monoisotopic (exact) mass is 1400 g/mol. The number of halogens is 7. The lowest BCUT2D eigenvalue weighted by Gasteiger charge is -2.30. The smallest absolute Gasteiger partial charge is 0.417 e. The van der Waals surface area contributed by atoms with Crippen LogP contribution in [-0.4, -0.2) is 153 Å². The number of aromatic nitrogens is 4. The molecule has 3 aromatic heterocycles. The molecule has 3 N–H and O–H groups in total. The quantitative estimate of drug-likeness (QED) is 0.0551. The van der Waals surface area contributed by atoms with Crippen molar-refractivity contribution >= 4 is 66.0 Å². The number of ether oxygens (including phenoxy) is 2. The Morgan fingerprint density at radius 3 is 1.62 bits per heavy atom. The molecule has 8 aromatic rings. The number of hydrogen-bond donors (Lipinski definition) is 3. The predicted molar refractivity (Wildman–Crippen MR) is 360 cm³/mol. The number of benzene rings is 5. The third-order valence-electron chi connectivity index (χ3n) is 16.1. The summed E-state index contributed by atoms with van der Waals surface area (Å²) in [5, 5.41) is 10.7. The Hall–Kier alpha value is -9.74. The number of carbonyl (C=O) groups is 4. The number of carbonyl (C=O) groups excluding carboxylic acids is 4. The Balaban J connectivity index is 0.000000185. The van der Waals surface area contributed by atoms with E-state index in [0.717, 1.165) is 57.3 Å². The van der Waals surface area contributed by atoms with Gasteiger partial charge in [0.25, 0.3) is 20.8 Å². The van der Waals surface area contributed by atoms with Crippen molar-refractivity contribution < 1.29 is 67.8 Å². The number of ketones is 2. The van der Waals surface area contributed by atoms with Crippen molar-refractivity contribution in [2.45, 2.75) is 76.4 Å². The molecule has 7 heterocycles. The highest BCUT2D eigenvalue weighted by molar-refractivity contribution is 8.13. The highest BCUT2D eigenvalue weighted by Crippen LogP contribution is 2.37. The van der Waals surface area contributed by atoms with E-state index in [1.807, 2.05) is 116 Å². The van der Waals surface area contributed by atoms with Crippen LogP contribution in [0, 0.1) is 6.92 Å². The zero-order valence-electron chi connectivity index (χ0n) is 54.3. The van der Waals surface area contributed by atoms with Crippen LogP contribution in [0.1, 0.15) is 87.2 Å². The number of pyridine rings is 2. The summed E-state index contributed by atoms with van der Waals surface area (Å²) >= 11 is 0. The van der Waals surface area contributed by atoms with Gasteiger partial charge in [0.15, 0.2) is 29.1 Å². The molecule has 0 radical (unpaired) electrons. The molecule has 0 bridgehead atoms. The molecule has 4 aliphatic rings. The second-order valence-electron chi connectivity index (χ2n) is 22.7. The fraction of sp³-hybridized carbons (Fsp3) is 0.314. The molecular formula is C70H71ClF6N12O9S. The van der Waals surface area contributed by atoms with Crippen LogP contribution < -0.4 is 26.0 Å². The van der Waals surface area contributed by atoms with E-state index in [4.69, 9.17) is 29.6 Å². The fourth-order valence-corrected chi connectivity index (χ4v) is 11.6. The highest BCUT2D eigenvalue weighted by Gasteiger charge is 2.36. The maximum Gasteiger partial charge on any atom is 0.417 e. The lowest BCUT2D eigenvalue weighted by molar-refractivity contribution is -0.138. The molecule has 3 amide bonds. The van der Waals surface area contributed by atoms with Gasteiger partial charge in [-0.15, -0.1) is 10.2 Å². The van der Waals surface area contributed by atoms with Crippen LogP contribution in [0.15, 0.2) is 177 Å². The minimum absolute atomic E-state index is 0.0195. The molecule has 12 rings (SSSR count). The van der Waals surface area contributed by atoms with Gasteiger partial charge in [-0.05, 0) is 62.0 Å². The van der Waals surface area contributed by atoms with Gasteiger partial charge < -0.3 is 33.9 Å². The highest BCUT2D eigenvalue weighted by atomic mass is 35.7. The molecule has 5 aromatic carbocycles. The van der Waals surface area contributed by atoms with Crippen LogP contribution in [0.3, 0.4) is 0 Å². The van der Waals surface area contributed by atoms with E-state index >= 15 is 0 Å². The molecule has 0 spiro atoms. The van der Waals surface area contributed by atoms with Crippen molar-refractivity contribution in [3.8, 4) is 11.6 Å². The Kier molecular flexibility index (Phi) is 25.0. The number of aryl methyl sites for hydroxylation is 1. The third-order valence-corrected chi connectivity index (χ3v) is 17.5. The van der Waals surface area contributed by atoms with Gasteiger partial charge in [0.1, 0.15) is 6.04 Å². The zero-order chi connectivity index (χ0) is 70.9. The van der Waals surface area contributed by atoms with Gasteiger partial charge >= 0.3 is 18.4 Å². The van der Waals surface area contributed by atoms with E-state index in [-0.39, 0.29) is 96.6 Å². The Bertz CT molecular complexity index is 4280. The first kappa shape index (κ1) is 73.5. The number of anilines is 2. The Morgan fingerprint density at radius 2 is 1.10 bits per heavy atom. The predicted octanol–water partition coefficient (Wildman–Crippen LogP) is 10.7. The average Bonchev–Trinajstić information content (AvgIpc) is 1.71. The minimum atomic E-state index is -4.66. The second kappa shape index (κ2) is 33.7. The summed E-state index contributed by atoms with van der Waals surface area (Å²) in [5.74, 6) is -1.29. The maximum atomic E-state index is 13.5. The van der Waals surface area contributed by atoms with Gasteiger partial charge in [0.05, 0.1) is 71.7 Å². The van der Waals surface area contributed by atoms with Crippen molar-refractivity contribution in [2.24, 2.45) is 9.98 Å². The van der Waals surface area contributed by atoms with Crippen LogP contribution in [0.2, 0.25) is 0 Å². The number of aliphatic imine (C=N–C) groups is 2. The van der Waals surface area contributed by atoms with Crippen LogP contribution >= 0.6 is 10.7 Å². The fourth-order valence-electron chi connectivity index (χ4n) is 10.8. The molecule has 2 saturated heterocycles. The topological polar surface area (TPSA) is 256 Å². The molecule has 99 heavy (non-hydrogen) atoms. The number of fused-ring (bicyclic) bond motifs is 2. The second-order valence-corrected chi connectivity index (χ2v) is 25.3. The first-order valence-corrected chi connectivity index (χ1v) is 33.9. The van der Waals surface area contributed by atoms with Crippen molar-refractivity contribution in [1.29, 1.82) is 0 Å². The molecule has 0 unspecified atom stereocenters. The van der Waals surface area contributed by atoms with Crippen molar-refractivity contribution in [3.63, 3.8) is 0 Å².